The number of nitrogens with zero attached hydrogens (tertiary/aromatic N) is 2. The van der Waals surface area contributed by atoms with Gasteiger partial charge >= 0.3 is 0 Å². The van der Waals surface area contributed by atoms with Gasteiger partial charge in [-0.2, -0.15) is 0 Å². The van der Waals surface area contributed by atoms with Gasteiger partial charge in [0, 0.05) is 36.8 Å². The molecule has 0 saturated carbocycles. The zero-order valence-electron chi connectivity index (χ0n) is 9.14. The molecule has 2 heterocycles. The van der Waals surface area contributed by atoms with E-state index in [1.54, 1.807) is 11.3 Å². The second-order valence-corrected chi connectivity index (χ2v) is 4.93. The lowest BCUT2D eigenvalue weighted by molar-refractivity contribution is 0.108. The van der Waals surface area contributed by atoms with Crippen LogP contribution in [0.25, 0.3) is 0 Å². The van der Waals surface area contributed by atoms with Gasteiger partial charge in [-0.3, -0.25) is 4.90 Å². The fourth-order valence-corrected chi connectivity index (χ4v) is 2.59. The Balaban J connectivity index is 0.00000112. The molecule has 0 aromatic carbocycles. The first kappa shape index (κ1) is 12.9. The van der Waals surface area contributed by atoms with Crippen molar-refractivity contribution in [3.05, 3.63) is 16.6 Å². The highest BCUT2D eigenvalue weighted by molar-refractivity contribution is 7.09. The Hall–Kier alpha value is -0.160. The molecule has 1 aromatic rings. The second-order valence-electron chi connectivity index (χ2n) is 3.95. The molecular weight excluding hydrogens is 230 g/mol. The number of halogens is 1. The zero-order valence-corrected chi connectivity index (χ0v) is 10.8. The summed E-state index contributed by atoms with van der Waals surface area (Å²) in [4.78, 5) is 6.86. The van der Waals surface area contributed by atoms with Crippen LogP contribution in [0.5, 0.6) is 0 Å². The summed E-state index contributed by atoms with van der Waals surface area (Å²) in [6.07, 6.45) is 1.89. The molecule has 0 unspecified atom stereocenters. The van der Waals surface area contributed by atoms with Gasteiger partial charge in [0.25, 0.3) is 0 Å². The van der Waals surface area contributed by atoms with Gasteiger partial charge in [0.2, 0.25) is 0 Å². The van der Waals surface area contributed by atoms with Crippen LogP contribution in [0.3, 0.4) is 0 Å². The van der Waals surface area contributed by atoms with Gasteiger partial charge in [-0.25, -0.2) is 4.98 Å². The van der Waals surface area contributed by atoms with Crippen molar-refractivity contribution in [3.63, 3.8) is 0 Å². The molecule has 0 radical (unpaired) electrons. The first-order valence-electron chi connectivity index (χ1n) is 5.12. The van der Waals surface area contributed by atoms with Crippen molar-refractivity contribution in [1.29, 1.82) is 0 Å². The predicted molar refractivity (Wildman–Crippen MR) is 66.7 cm³/mol. The van der Waals surface area contributed by atoms with E-state index < -0.39 is 0 Å². The predicted octanol–water partition coefficient (Wildman–Crippen LogP) is 1.75. The standard InChI is InChI=1S/C10H17N3S.ClH/c1-8-5-11-6-9(2)13(8)7-10-12-3-4-14-10;/h3-4,8-9,11H,5-7H2,1-2H3;1H/t8-,9+;. The maximum absolute atomic E-state index is 4.34. The summed E-state index contributed by atoms with van der Waals surface area (Å²) in [5, 5.41) is 6.71. The first-order valence-corrected chi connectivity index (χ1v) is 6.00. The lowest BCUT2D eigenvalue weighted by Crippen LogP contribution is -2.54. The molecule has 3 nitrogen and oxygen atoms in total. The van der Waals surface area contributed by atoms with E-state index in [-0.39, 0.29) is 12.4 Å². The summed E-state index contributed by atoms with van der Waals surface area (Å²) in [7, 11) is 0. The Morgan fingerprint density at radius 2 is 2.13 bits per heavy atom. The Morgan fingerprint density at radius 3 is 2.67 bits per heavy atom. The molecule has 1 aliphatic rings. The Labute approximate surface area is 101 Å². The third kappa shape index (κ3) is 3.14. The number of thiazole rings is 1. The van der Waals surface area contributed by atoms with E-state index in [4.69, 9.17) is 0 Å². The average molecular weight is 248 g/mol. The van der Waals surface area contributed by atoms with Gasteiger partial charge in [0.05, 0.1) is 6.54 Å². The van der Waals surface area contributed by atoms with Crippen LogP contribution >= 0.6 is 23.7 Å². The van der Waals surface area contributed by atoms with E-state index in [1.165, 1.54) is 5.01 Å². The molecule has 1 aromatic heterocycles. The van der Waals surface area contributed by atoms with E-state index in [0.717, 1.165) is 19.6 Å². The highest BCUT2D eigenvalue weighted by atomic mass is 35.5. The maximum atomic E-state index is 4.34. The Kier molecular flexibility index (Phi) is 4.99. The van der Waals surface area contributed by atoms with E-state index in [9.17, 15) is 0 Å². The molecule has 5 heteroatoms. The summed E-state index contributed by atoms with van der Waals surface area (Å²) < 4.78 is 0. The number of hydrogen-bond acceptors (Lipinski definition) is 4. The summed E-state index contributed by atoms with van der Waals surface area (Å²) in [5.74, 6) is 0. The molecule has 86 valence electrons. The summed E-state index contributed by atoms with van der Waals surface area (Å²) in [5.41, 5.74) is 0. The minimum atomic E-state index is 0. The summed E-state index contributed by atoms with van der Waals surface area (Å²) >= 11 is 1.75. The highest BCUT2D eigenvalue weighted by Crippen LogP contribution is 2.15. The molecule has 0 amide bonds. The largest absolute Gasteiger partial charge is 0.314 e. The van der Waals surface area contributed by atoms with E-state index in [0.29, 0.717) is 12.1 Å². The number of hydrogen-bond donors (Lipinski definition) is 1. The molecule has 0 spiro atoms. The molecule has 1 saturated heterocycles. The van der Waals surface area contributed by atoms with Crippen molar-refractivity contribution in [2.75, 3.05) is 13.1 Å². The molecule has 15 heavy (non-hydrogen) atoms. The van der Waals surface area contributed by atoms with Crippen LogP contribution in [0.4, 0.5) is 0 Å². The van der Waals surface area contributed by atoms with Crippen LogP contribution in [-0.4, -0.2) is 35.1 Å². The lowest BCUT2D eigenvalue weighted by Gasteiger charge is -2.38. The van der Waals surface area contributed by atoms with E-state index in [1.807, 2.05) is 11.6 Å². The highest BCUT2D eigenvalue weighted by Gasteiger charge is 2.24. The van der Waals surface area contributed by atoms with Gasteiger partial charge in [-0.15, -0.1) is 23.7 Å². The summed E-state index contributed by atoms with van der Waals surface area (Å²) in [6.45, 7) is 7.74. The van der Waals surface area contributed by atoms with Gasteiger partial charge in [-0.05, 0) is 13.8 Å². The monoisotopic (exact) mass is 247 g/mol. The quantitative estimate of drug-likeness (QED) is 0.863. The van der Waals surface area contributed by atoms with Crippen molar-refractivity contribution in [2.45, 2.75) is 32.5 Å². The van der Waals surface area contributed by atoms with Crippen LogP contribution in [-0.2, 0) is 6.54 Å². The van der Waals surface area contributed by atoms with Gasteiger partial charge in [0.1, 0.15) is 5.01 Å². The maximum Gasteiger partial charge on any atom is 0.107 e. The first-order chi connectivity index (χ1) is 6.77. The Morgan fingerprint density at radius 1 is 1.47 bits per heavy atom. The van der Waals surface area contributed by atoms with Crippen molar-refractivity contribution in [3.8, 4) is 0 Å². The number of piperazine rings is 1. The minimum absolute atomic E-state index is 0. The molecule has 1 fully saturated rings. The van der Waals surface area contributed by atoms with Crippen molar-refractivity contribution in [2.24, 2.45) is 0 Å². The normalized spacial score (nSPS) is 27.3. The smallest absolute Gasteiger partial charge is 0.107 e. The molecule has 2 atom stereocenters. The average Bonchev–Trinajstić information content (AvgIpc) is 2.64. The molecule has 2 rings (SSSR count). The minimum Gasteiger partial charge on any atom is -0.314 e. The van der Waals surface area contributed by atoms with Gasteiger partial charge in [-0.1, -0.05) is 0 Å². The molecule has 0 bridgehead atoms. The van der Waals surface area contributed by atoms with Crippen LogP contribution in [0.2, 0.25) is 0 Å². The van der Waals surface area contributed by atoms with Crippen molar-refractivity contribution < 1.29 is 0 Å². The number of aromatic nitrogens is 1. The SMILES string of the molecule is C[C@@H]1CNC[C@H](C)N1Cc1nccs1.Cl. The number of rotatable bonds is 2. The second kappa shape index (κ2) is 5.80. The zero-order chi connectivity index (χ0) is 9.97. The topological polar surface area (TPSA) is 28.2 Å². The van der Waals surface area contributed by atoms with Gasteiger partial charge < -0.3 is 5.32 Å². The van der Waals surface area contributed by atoms with E-state index in [2.05, 4.69) is 29.0 Å². The molecule has 1 N–H and O–H groups in total. The van der Waals surface area contributed by atoms with Crippen LogP contribution in [0.15, 0.2) is 11.6 Å². The van der Waals surface area contributed by atoms with E-state index >= 15 is 0 Å². The molecule has 0 aliphatic carbocycles. The third-order valence-electron chi connectivity index (χ3n) is 2.81. The Bertz CT molecular complexity index is 268. The van der Waals surface area contributed by atoms with Crippen molar-refractivity contribution >= 4 is 23.7 Å². The van der Waals surface area contributed by atoms with Crippen LogP contribution in [0, 0.1) is 0 Å². The number of nitrogens with one attached hydrogen (secondary N) is 1. The lowest BCUT2D eigenvalue weighted by atomic mass is 10.1. The third-order valence-corrected chi connectivity index (χ3v) is 3.58. The summed E-state index contributed by atoms with van der Waals surface area (Å²) in [6, 6.07) is 1.23. The molecule has 1 aliphatic heterocycles. The molecular formula is C10H18ClN3S. The van der Waals surface area contributed by atoms with Crippen molar-refractivity contribution in [1.82, 2.24) is 15.2 Å². The van der Waals surface area contributed by atoms with Crippen LogP contribution in [0.1, 0.15) is 18.9 Å². The van der Waals surface area contributed by atoms with Gasteiger partial charge in [0.15, 0.2) is 0 Å². The fraction of sp³-hybridized carbons (Fsp3) is 0.700. The fourth-order valence-electron chi connectivity index (χ4n) is 1.97. The van der Waals surface area contributed by atoms with Crippen LogP contribution < -0.4 is 5.32 Å².